The molecule has 0 unspecified atom stereocenters. The highest BCUT2D eigenvalue weighted by Crippen LogP contribution is 2.26. The van der Waals surface area contributed by atoms with Crippen LogP contribution in [0, 0.1) is 18.8 Å². The summed E-state index contributed by atoms with van der Waals surface area (Å²) in [4.78, 5) is 24.4. The number of benzene rings is 2. The monoisotopic (exact) mass is 444 g/mol. The summed E-state index contributed by atoms with van der Waals surface area (Å²) in [7, 11) is -3.62. The van der Waals surface area contributed by atoms with Gasteiger partial charge in [0.05, 0.1) is 10.5 Å². The molecule has 2 aromatic rings. The summed E-state index contributed by atoms with van der Waals surface area (Å²) in [6, 6.07) is 12.9. The molecule has 1 heterocycles. The lowest BCUT2D eigenvalue weighted by molar-refractivity contribution is -0.119. The highest BCUT2D eigenvalue weighted by Gasteiger charge is 2.31. The van der Waals surface area contributed by atoms with E-state index in [9.17, 15) is 18.0 Å². The van der Waals surface area contributed by atoms with Crippen LogP contribution in [0.2, 0.25) is 0 Å². The maximum atomic E-state index is 12.9. The molecule has 0 spiro atoms. The first-order valence-corrected chi connectivity index (χ1v) is 11.7. The number of nitrogens with one attached hydrogen (secondary N) is 1. The van der Waals surface area contributed by atoms with Gasteiger partial charge in [-0.1, -0.05) is 32.0 Å². The van der Waals surface area contributed by atoms with Crippen molar-refractivity contribution in [3.8, 4) is 0 Å². The quantitative estimate of drug-likeness (QED) is 0.689. The van der Waals surface area contributed by atoms with Crippen molar-refractivity contribution in [3.05, 3.63) is 59.7 Å². The van der Waals surface area contributed by atoms with Gasteiger partial charge < -0.3 is 10.1 Å². The third-order valence-corrected chi connectivity index (χ3v) is 7.16. The number of esters is 1. The van der Waals surface area contributed by atoms with E-state index < -0.39 is 28.5 Å². The molecule has 166 valence electrons. The normalized spacial score (nSPS) is 19.6. The number of carbonyl (C=O) groups is 2. The van der Waals surface area contributed by atoms with Crippen LogP contribution in [0.1, 0.15) is 36.2 Å². The molecule has 0 saturated carbocycles. The highest BCUT2D eigenvalue weighted by molar-refractivity contribution is 7.89. The van der Waals surface area contributed by atoms with E-state index >= 15 is 0 Å². The van der Waals surface area contributed by atoms with Crippen molar-refractivity contribution in [2.45, 2.75) is 32.1 Å². The Morgan fingerprint density at radius 1 is 1.03 bits per heavy atom. The van der Waals surface area contributed by atoms with Crippen molar-refractivity contribution in [1.29, 1.82) is 0 Å². The summed E-state index contributed by atoms with van der Waals surface area (Å²) in [6.07, 6.45) is 1.01. The number of carbonyl (C=O) groups excluding carboxylic acids is 2. The maximum absolute atomic E-state index is 12.9. The first-order valence-electron chi connectivity index (χ1n) is 10.3. The third-order valence-electron chi connectivity index (χ3n) is 5.32. The Kier molecular flexibility index (Phi) is 7.12. The Bertz CT molecular complexity index is 1040. The van der Waals surface area contributed by atoms with Crippen LogP contribution in [-0.2, 0) is 19.6 Å². The van der Waals surface area contributed by atoms with E-state index in [0.717, 1.165) is 12.0 Å². The van der Waals surface area contributed by atoms with E-state index in [0.29, 0.717) is 30.6 Å². The van der Waals surface area contributed by atoms with Crippen LogP contribution < -0.4 is 5.32 Å². The molecular weight excluding hydrogens is 416 g/mol. The minimum absolute atomic E-state index is 0.141. The standard InChI is InChI=1S/C23H28N2O5S/c1-16-12-17(2)14-25(13-16)31(28,29)20-10-8-19(9-11-20)23(27)30-15-22(26)24-21-7-5-4-6-18(21)3/h4-11,16-17H,12-15H2,1-3H3,(H,24,26)/t16-,17-/m1/s1. The average Bonchev–Trinajstić information content (AvgIpc) is 2.73. The lowest BCUT2D eigenvalue weighted by Crippen LogP contribution is -2.42. The van der Waals surface area contributed by atoms with E-state index in [-0.39, 0.29) is 10.5 Å². The number of ether oxygens (including phenoxy) is 1. The molecular formula is C23H28N2O5S. The Morgan fingerprint density at radius 2 is 1.65 bits per heavy atom. The maximum Gasteiger partial charge on any atom is 0.338 e. The van der Waals surface area contributed by atoms with Crippen LogP contribution in [0.4, 0.5) is 5.69 Å². The third kappa shape index (κ3) is 5.71. The van der Waals surface area contributed by atoms with Gasteiger partial charge >= 0.3 is 5.97 Å². The fourth-order valence-electron chi connectivity index (χ4n) is 3.83. The van der Waals surface area contributed by atoms with Gasteiger partial charge in [-0.25, -0.2) is 13.2 Å². The Morgan fingerprint density at radius 3 is 2.26 bits per heavy atom. The second-order valence-corrected chi connectivity index (χ2v) is 10.2. The van der Waals surface area contributed by atoms with Crippen LogP contribution in [0.3, 0.4) is 0 Å². The molecule has 0 aliphatic carbocycles. The molecule has 3 rings (SSSR count). The molecule has 2 atom stereocenters. The molecule has 7 nitrogen and oxygen atoms in total. The number of rotatable bonds is 6. The molecule has 2 aromatic carbocycles. The minimum Gasteiger partial charge on any atom is -0.452 e. The fourth-order valence-corrected chi connectivity index (χ4v) is 5.51. The lowest BCUT2D eigenvalue weighted by Gasteiger charge is -2.34. The average molecular weight is 445 g/mol. The summed E-state index contributed by atoms with van der Waals surface area (Å²) in [5, 5.41) is 2.69. The number of anilines is 1. The van der Waals surface area contributed by atoms with Gasteiger partial charge in [-0.3, -0.25) is 4.79 Å². The number of para-hydroxylation sites is 1. The molecule has 1 N–H and O–H groups in total. The molecule has 1 fully saturated rings. The summed E-state index contributed by atoms with van der Waals surface area (Å²) >= 11 is 0. The summed E-state index contributed by atoms with van der Waals surface area (Å²) in [5.74, 6) is -0.531. The van der Waals surface area contributed by atoms with Crippen LogP contribution in [0.15, 0.2) is 53.4 Å². The number of amides is 1. The molecule has 0 radical (unpaired) electrons. The highest BCUT2D eigenvalue weighted by atomic mass is 32.2. The van der Waals surface area contributed by atoms with Gasteiger partial charge in [-0.15, -0.1) is 0 Å². The summed E-state index contributed by atoms with van der Waals surface area (Å²) < 4.78 is 32.4. The lowest BCUT2D eigenvalue weighted by atomic mass is 9.94. The SMILES string of the molecule is Cc1ccccc1NC(=O)COC(=O)c1ccc(S(=O)(=O)N2C[C@H](C)C[C@@H](C)C2)cc1. The first kappa shape index (κ1) is 23.0. The zero-order valence-corrected chi connectivity index (χ0v) is 18.8. The number of hydrogen-bond acceptors (Lipinski definition) is 5. The van der Waals surface area contributed by atoms with Crippen LogP contribution >= 0.6 is 0 Å². The van der Waals surface area contributed by atoms with Crippen LogP contribution in [-0.4, -0.2) is 44.3 Å². The van der Waals surface area contributed by atoms with Crippen molar-refractivity contribution in [2.75, 3.05) is 25.0 Å². The van der Waals surface area contributed by atoms with E-state index in [1.807, 2.05) is 32.9 Å². The molecule has 0 aromatic heterocycles. The Balaban J connectivity index is 1.59. The number of piperidine rings is 1. The van der Waals surface area contributed by atoms with Gasteiger partial charge in [0.1, 0.15) is 0 Å². The molecule has 31 heavy (non-hydrogen) atoms. The largest absolute Gasteiger partial charge is 0.452 e. The summed E-state index contributed by atoms with van der Waals surface area (Å²) in [6.45, 7) is 6.51. The van der Waals surface area contributed by atoms with Crippen LogP contribution in [0.5, 0.6) is 0 Å². The molecule has 1 amide bonds. The second-order valence-electron chi connectivity index (χ2n) is 8.23. The van der Waals surface area contributed by atoms with Crippen molar-refractivity contribution in [1.82, 2.24) is 4.31 Å². The fraction of sp³-hybridized carbons (Fsp3) is 0.391. The van der Waals surface area contributed by atoms with Gasteiger partial charge in [0, 0.05) is 18.8 Å². The van der Waals surface area contributed by atoms with Gasteiger partial charge in [-0.05, 0) is 61.1 Å². The van der Waals surface area contributed by atoms with Gasteiger partial charge in [-0.2, -0.15) is 4.31 Å². The number of sulfonamides is 1. The van der Waals surface area contributed by atoms with E-state index in [2.05, 4.69) is 5.32 Å². The molecule has 1 aliphatic rings. The topological polar surface area (TPSA) is 92.8 Å². The van der Waals surface area contributed by atoms with Crippen molar-refractivity contribution in [2.24, 2.45) is 11.8 Å². The van der Waals surface area contributed by atoms with E-state index in [1.54, 1.807) is 12.1 Å². The van der Waals surface area contributed by atoms with E-state index in [1.165, 1.54) is 28.6 Å². The number of nitrogens with zero attached hydrogens (tertiary/aromatic N) is 1. The van der Waals surface area contributed by atoms with Gasteiger partial charge in [0.25, 0.3) is 5.91 Å². The Labute approximate surface area is 183 Å². The first-order chi connectivity index (χ1) is 14.7. The number of aryl methyl sites for hydroxylation is 1. The smallest absolute Gasteiger partial charge is 0.338 e. The Hall–Kier alpha value is -2.71. The van der Waals surface area contributed by atoms with Gasteiger partial charge in [0.15, 0.2) is 6.61 Å². The molecule has 0 bridgehead atoms. The zero-order valence-electron chi connectivity index (χ0n) is 18.0. The molecule has 1 aliphatic heterocycles. The predicted octanol–water partition coefficient (Wildman–Crippen LogP) is 3.46. The zero-order chi connectivity index (χ0) is 22.6. The van der Waals surface area contributed by atoms with Crippen molar-refractivity contribution < 1.29 is 22.7 Å². The van der Waals surface area contributed by atoms with Gasteiger partial charge in [0.2, 0.25) is 10.0 Å². The summed E-state index contributed by atoms with van der Waals surface area (Å²) in [5.41, 5.74) is 1.74. The van der Waals surface area contributed by atoms with E-state index in [4.69, 9.17) is 4.74 Å². The predicted molar refractivity (Wildman–Crippen MR) is 118 cm³/mol. The molecule has 8 heteroatoms. The van der Waals surface area contributed by atoms with Crippen LogP contribution in [0.25, 0.3) is 0 Å². The minimum atomic E-state index is -3.62. The second kappa shape index (κ2) is 9.62. The number of hydrogen-bond donors (Lipinski definition) is 1. The van der Waals surface area contributed by atoms with Crippen molar-refractivity contribution in [3.63, 3.8) is 0 Å². The molecule has 1 saturated heterocycles. The van der Waals surface area contributed by atoms with Crippen molar-refractivity contribution >= 4 is 27.6 Å².